The predicted octanol–water partition coefficient (Wildman–Crippen LogP) is 13.9. The van der Waals surface area contributed by atoms with Gasteiger partial charge in [-0.25, -0.2) is 0 Å². The third-order valence-corrected chi connectivity index (χ3v) is 12.0. The molecule has 0 aromatic carbocycles. The normalized spacial score (nSPS) is 13.5. The van der Waals surface area contributed by atoms with Crippen molar-refractivity contribution >= 4 is 17.9 Å². The molecule has 0 aliphatic rings. The van der Waals surface area contributed by atoms with Gasteiger partial charge >= 0.3 is 17.9 Å². The van der Waals surface area contributed by atoms with Crippen molar-refractivity contribution in [2.75, 3.05) is 33.9 Å². The van der Waals surface area contributed by atoms with Crippen LogP contribution in [0, 0.1) is 35.5 Å². The Morgan fingerprint density at radius 2 is 0.807 bits per heavy atom. The zero-order valence-corrected chi connectivity index (χ0v) is 39.7. The van der Waals surface area contributed by atoms with Crippen LogP contribution in [-0.2, 0) is 28.6 Å². The van der Waals surface area contributed by atoms with E-state index in [2.05, 4.69) is 60.3 Å². The molecule has 3 unspecified atom stereocenters. The quantitative estimate of drug-likeness (QED) is 0.0346. The van der Waals surface area contributed by atoms with E-state index in [1.54, 1.807) is 0 Å². The SMILES string of the molecule is CC(C)CCCC(CCOC(=O)CCCCCCCCCC(CCCCCCCCCC(=O)OCCC(CCC(C)C)C(C)C)OC(=O)CCCN(C)C)C(C)C. The summed E-state index contributed by atoms with van der Waals surface area (Å²) in [5, 5.41) is 0. The molecule has 0 aliphatic heterocycles. The standard InChI is InChI=1S/C50H97NO6/c1-41(2)27-25-28-45(43(5)6)36-39-55-48(52)31-23-19-15-11-13-17-21-29-47(57-50(54)33-26-38-51(9)10)30-22-18-14-12-16-20-24-32-49(53)56-40-37-46(44(7)8)35-34-42(3)4/h41-47H,11-40H2,1-10H3. The largest absolute Gasteiger partial charge is 0.466 e. The van der Waals surface area contributed by atoms with Crippen LogP contribution in [0.4, 0.5) is 0 Å². The van der Waals surface area contributed by atoms with E-state index >= 15 is 0 Å². The molecule has 0 aromatic heterocycles. The fraction of sp³-hybridized carbons (Fsp3) is 0.940. The average molecular weight is 808 g/mol. The molecule has 0 fully saturated rings. The fourth-order valence-electron chi connectivity index (χ4n) is 7.85. The second kappa shape index (κ2) is 37.4. The van der Waals surface area contributed by atoms with Crippen LogP contribution in [0.15, 0.2) is 0 Å². The highest BCUT2D eigenvalue weighted by atomic mass is 16.5. The molecule has 0 rings (SSSR count). The molecule has 0 heterocycles. The van der Waals surface area contributed by atoms with Crippen LogP contribution in [-0.4, -0.2) is 62.8 Å². The lowest BCUT2D eigenvalue weighted by Crippen LogP contribution is -2.20. The Balaban J connectivity index is 4.19. The molecule has 7 nitrogen and oxygen atoms in total. The highest BCUT2D eigenvalue weighted by Gasteiger charge is 2.17. The van der Waals surface area contributed by atoms with Gasteiger partial charge in [-0.15, -0.1) is 0 Å². The summed E-state index contributed by atoms with van der Waals surface area (Å²) in [6.45, 7) is 20.3. The average Bonchev–Trinajstić information content (AvgIpc) is 3.13. The van der Waals surface area contributed by atoms with E-state index in [4.69, 9.17) is 14.2 Å². The van der Waals surface area contributed by atoms with Crippen LogP contribution >= 0.6 is 0 Å². The first-order valence-electron chi connectivity index (χ1n) is 24.4. The van der Waals surface area contributed by atoms with Gasteiger partial charge in [-0.05, 0) is 120 Å². The molecule has 7 heteroatoms. The number of rotatable bonds is 40. The zero-order chi connectivity index (χ0) is 42.7. The molecular weight excluding hydrogens is 711 g/mol. The summed E-state index contributed by atoms with van der Waals surface area (Å²) in [5.74, 6) is 3.90. The maximum Gasteiger partial charge on any atom is 0.306 e. The number of nitrogens with zero attached hydrogens (tertiary/aromatic N) is 1. The van der Waals surface area contributed by atoms with E-state index in [1.165, 1.54) is 57.8 Å². The van der Waals surface area contributed by atoms with Crippen LogP contribution in [0.5, 0.6) is 0 Å². The fourth-order valence-corrected chi connectivity index (χ4v) is 7.85. The number of hydrogen-bond donors (Lipinski definition) is 0. The molecule has 0 radical (unpaired) electrons. The van der Waals surface area contributed by atoms with Gasteiger partial charge in [0.25, 0.3) is 0 Å². The molecule has 57 heavy (non-hydrogen) atoms. The molecule has 0 saturated heterocycles. The first-order chi connectivity index (χ1) is 27.2. The van der Waals surface area contributed by atoms with Crippen LogP contribution in [0.3, 0.4) is 0 Å². The van der Waals surface area contributed by atoms with E-state index in [-0.39, 0.29) is 24.0 Å². The number of carbonyl (C=O) groups excluding carboxylic acids is 3. The summed E-state index contributed by atoms with van der Waals surface area (Å²) in [4.78, 5) is 39.3. The summed E-state index contributed by atoms with van der Waals surface area (Å²) >= 11 is 0. The van der Waals surface area contributed by atoms with E-state index in [0.29, 0.717) is 56.1 Å². The van der Waals surface area contributed by atoms with E-state index in [1.807, 2.05) is 14.1 Å². The Morgan fingerprint density at radius 1 is 0.404 bits per heavy atom. The molecule has 0 amide bonds. The summed E-state index contributed by atoms with van der Waals surface area (Å²) in [7, 11) is 4.07. The van der Waals surface area contributed by atoms with E-state index in [9.17, 15) is 14.4 Å². The van der Waals surface area contributed by atoms with Crippen molar-refractivity contribution in [3.8, 4) is 0 Å². The van der Waals surface area contributed by atoms with E-state index < -0.39 is 0 Å². The highest BCUT2D eigenvalue weighted by molar-refractivity contribution is 5.70. The molecule has 0 N–H and O–H groups in total. The van der Waals surface area contributed by atoms with Crippen LogP contribution in [0.1, 0.15) is 229 Å². The summed E-state index contributed by atoms with van der Waals surface area (Å²) < 4.78 is 17.2. The van der Waals surface area contributed by atoms with Gasteiger partial charge in [-0.2, -0.15) is 0 Å². The monoisotopic (exact) mass is 808 g/mol. The Labute approximate surface area is 354 Å². The maximum atomic E-state index is 12.6. The second-order valence-electron chi connectivity index (χ2n) is 19.4. The van der Waals surface area contributed by atoms with Gasteiger partial charge in [-0.3, -0.25) is 14.4 Å². The minimum absolute atomic E-state index is 0.0239. The maximum absolute atomic E-state index is 12.6. The summed E-state index contributed by atoms with van der Waals surface area (Å²) in [5.41, 5.74) is 0. The van der Waals surface area contributed by atoms with Crippen molar-refractivity contribution in [2.45, 2.75) is 235 Å². The number of esters is 3. The number of ether oxygens (including phenoxy) is 3. The van der Waals surface area contributed by atoms with Crippen molar-refractivity contribution in [1.29, 1.82) is 0 Å². The summed E-state index contributed by atoms with van der Waals surface area (Å²) in [6, 6.07) is 0. The molecule has 0 aliphatic carbocycles. The van der Waals surface area contributed by atoms with Crippen LogP contribution in [0.2, 0.25) is 0 Å². The summed E-state index contributed by atoms with van der Waals surface area (Å²) in [6.07, 6.45) is 28.1. The molecule has 0 saturated carbocycles. The molecule has 338 valence electrons. The molecule has 0 bridgehead atoms. The number of carbonyl (C=O) groups is 3. The number of hydrogen-bond acceptors (Lipinski definition) is 7. The lowest BCUT2D eigenvalue weighted by Gasteiger charge is -2.21. The van der Waals surface area contributed by atoms with Gasteiger partial charge in [0, 0.05) is 19.3 Å². The molecular formula is C50H97NO6. The van der Waals surface area contributed by atoms with Gasteiger partial charge in [0.2, 0.25) is 0 Å². The topological polar surface area (TPSA) is 82.1 Å². The first-order valence-corrected chi connectivity index (χ1v) is 24.4. The Bertz CT molecular complexity index is 947. The third-order valence-electron chi connectivity index (χ3n) is 12.0. The molecule has 0 aromatic rings. The van der Waals surface area contributed by atoms with Crippen molar-refractivity contribution in [3.63, 3.8) is 0 Å². The Hall–Kier alpha value is -1.63. The predicted molar refractivity (Wildman–Crippen MR) is 241 cm³/mol. The Morgan fingerprint density at radius 3 is 1.23 bits per heavy atom. The smallest absolute Gasteiger partial charge is 0.306 e. The van der Waals surface area contributed by atoms with Gasteiger partial charge in [0.15, 0.2) is 0 Å². The van der Waals surface area contributed by atoms with Gasteiger partial charge in [0.05, 0.1) is 13.2 Å². The third kappa shape index (κ3) is 37.1. The van der Waals surface area contributed by atoms with Crippen LogP contribution < -0.4 is 0 Å². The second-order valence-corrected chi connectivity index (χ2v) is 19.4. The zero-order valence-electron chi connectivity index (χ0n) is 39.7. The van der Waals surface area contributed by atoms with Crippen molar-refractivity contribution in [3.05, 3.63) is 0 Å². The number of unbranched alkanes of at least 4 members (excludes halogenated alkanes) is 12. The lowest BCUT2D eigenvalue weighted by molar-refractivity contribution is -0.150. The van der Waals surface area contributed by atoms with Gasteiger partial charge in [0.1, 0.15) is 6.10 Å². The van der Waals surface area contributed by atoms with Crippen LogP contribution in [0.25, 0.3) is 0 Å². The Kier molecular flexibility index (Phi) is 36.3. The highest BCUT2D eigenvalue weighted by Crippen LogP contribution is 2.25. The van der Waals surface area contributed by atoms with Gasteiger partial charge < -0.3 is 19.1 Å². The molecule has 3 atom stereocenters. The molecule has 0 spiro atoms. The van der Waals surface area contributed by atoms with Crippen molar-refractivity contribution < 1.29 is 28.6 Å². The minimum Gasteiger partial charge on any atom is -0.466 e. The van der Waals surface area contributed by atoms with Crippen molar-refractivity contribution in [2.24, 2.45) is 35.5 Å². The van der Waals surface area contributed by atoms with Crippen molar-refractivity contribution in [1.82, 2.24) is 4.90 Å². The first kappa shape index (κ1) is 55.4. The minimum atomic E-state index is -0.0499. The lowest BCUT2D eigenvalue weighted by atomic mass is 9.86. The van der Waals surface area contributed by atoms with Gasteiger partial charge in [-0.1, -0.05) is 145 Å². The van der Waals surface area contributed by atoms with E-state index in [0.717, 1.165) is 115 Å².